The van der Waals surface area contributed by atoms with E-state index in [9.17, 15) is 4.39 Å². The van der Waals surface area contributed by atoms with Crippen LogP contribution in [0, 0.1) is 5.82 Å². The average molecular weight is 237 g/mol. The Balaban J connectivity index is 2.41. The smallest absolute Gasteiger partial charge is 0.184 e. The molecule has 0 aliphatic rings. The van der Waals surface area contributed by atoms with Crippen LogP contribution in [0.25, 0.3) is 11.0 Å². The fraction of sp³-hybridized carbons (Fsp3) is 0. The molecule has 3 N–H and O–H groups in total. The van der Waals surface area contributed by atoms with Crippen molar-refractivity contribution in [2.75, 3.05) is 0 Å². The molecule has 0 bridgehead atoms. The van der Waals surface area contributed by atoms with Gasteiger partial charge in [-0.3, -0.25) is 5.43 Å². The Hall–Kier alpha value is -1.95. The lowest BCUT2D eigenvalue weighted by Gasteiger charge is -1.98. The topological polar surface area (TPSA) is 63.5 Å². The molecule has 0 radical (unpaired) electrons. The van der Waals surface area contributed by atoms with Crippen molar-refractivity contribution in [3.8, 4) is 0 Å². The van der Waals surface area contributed by atoms with Gasteiger partial charge in [0.2, 0.25) is 0 Å². The lowest BCUT2D eigenvalue weighted by atomic mass is 10.1. The number of hydrazone groups is 1. The minimum atomic E-state index is -0.387. The van der Waals surface area contributed by atoms with E-state index in [1.165, 1.54) is 18.5 Å². The summed E-state index contributed by atoms with van der Waals surface area (Å²) in [6.07, 6.45) is 2.80. The van der Waals surface area contributed by atoms with Gasteiger partial charge in [-0.2, -0.15) is 5.10 Å². The van der Waals surface area contributed by atoms with E-state index in [4.69, 9.17) is 10.2 Å². The maximum absolute atomic E-state index is 13.5. The van der Waals surface area contributed by atoms with Crippen LogP contribution >= 0.6 is 12.2 Å². The Kier molecular flexibility index (Phi) is 2.82. The Bertz CT molecular complexity index is 564. The second kappa shape index (κ2) is 4.28. The van der Waals surface area contributed by atoms with Gasteiger partial charge in [-0.05, 0) is 30.4 Å². The molecule has 0 saturated carbocycles. The van der Waals surface area contributed by atoms with Crippen molar-refractivity contribution in [2.45, 2.75) is 0 Å². The highest BCUT2D eigenvalue weighted by molar-refractivity contribution is 7.80. The number of thiocarbonyl (C=S) groups is 1. The molecule has 6 heteroatoms. The Morgan fingerprint density at radius 3 is 3.06 bits per heavy atom. The predicted octanol–water partition coefficient (Wildman–Crippen LogP) is 1.74. The highest BCUT2D eigenvalue weighted by atomic mass is 32.1. The zero-order chi connectivity index (χ0) is 11.5. The van der Waals surface area contributed by atoms with E-state index in [-0.39, 0.29) is 10.9 Å². The van der Waals surface area contributed by atoms with Crippen molar-refractivity contribution in [1.82, 2.24) is 5.43 Å². The molecule has 2 rings (SSSR count). The normalized spacial score (nSPS) is 11.1. The van der Waals surface area contributed by atoms with Crippen molar-refractivity contribution in [2.24, 2.45) is 10.8 Å². The van der Waals surface area contributed by atoms with E-state index >= 15 is 0 Å². The molecule has 4 nitrogen and oxygen atoms in total. The SMILES string of the molecule is NC(=S)NN=Cc1c(F)ccc2occc12. The van der Waals surface area contributed by atoms with Crippen LogP contribution in [0.5, 0.6) is 0 Å². The first-order valence-electron chi connectivity index (χ1n) is 4.42. The molecule has 0 atom stereocenters. The summed E-state index contributed by atoms with van der Waals surface area (Å²) in [5.74, 6) is -0.387. The molecule has 0 spiro atoms. The zero-order valence-electron chi connectivity index (χ0n) is 8.11. The number of halogens is 1. The highest BCUT2D eigenvalue weighted by Gasteiger charge is 2.07. The van der Waals surface area contributed by atoms with Gasteiger partial charge in [0, 0.05) is 10.9 Å². The summed E-state index contributed by atoms with van der Waals surface area (Å²) in [5.41, 5.74) is 8.47. The molecule has 1 heterocycles. The molecule has 0 unspecified atom stereocenters. The van der Waals surface area contributed by atoms with Gasteiger partial charge >= 0.3 is 0 Å². The molecule has 0 fully saturated rings. The molecular weight excluding hydrogens is 229 g/mol. The minimum Gasteiger partial charge on any atom is -0.464 e. The van der Waals surface area contributed by atoms with Crippen LogP contribution in [0.3, 0.4) is 0 Å². The van der Waals surface area contributed by atoms with Crippen molar-refractivity contribution in [3.63, 3.8) is 0 Å². The maximum atomic E-state index is 13.5. The van der Waals surface area contributed by atoms with Crippen LogP contribution < -0.4 is 11.2 Å². The summed E-state index contributed by atoms with van der Waals surface area (Å²) in [5, 5.41) is 4.38. The number of nitrogens with zero attached hydrogens (tertiary/aromatic N) is 1. The second-order valence-electron chi connectivity index (χ2n) is 3.03. The van der Waals surface area contributed by atoms with E-state index in [0.29, 0.717) is 16.5 Å². The summed E-state index contributed by atoms with van der Waals surface area (Å²) in [7, 11) is 0. The summed E-state index contributed by atoms with van der Waals surface area (Å²) in [4.78, 5) is 0. The number of rotatable bonds is 2. The van der Waals surface area contributed by atoms with Crippen LogP contribution in [0.1, 0.15) is 5.56 Å². The van der Waals surface area contributed by atoms with Crippen LogP contribution in [0.2, 0.25) is 0 Å². The van der Waals surface area contributed by atoms with Crippen LogP contribution in [-0.2, 0) is 0 Å². The molecule has 2 aromatic rings. The molecule has 82 valence electrons. The highest BCUT2D eigenvalue weighted by Crippen LogP contribution is 2.21. The Labute approximate surface area is 95.9 Å². The van der Waals surface area contributed by atoms with Crippen LogP contribution in [0.4, 0.5) is 4.39 Å². The summed E-state index contributed by atoms with van der Waals surface area (Å²) in [6, 6.07) is 4.54. The van der Waals surface area contributed by atoms with Gasteiger partial charge in [-0.1, -0.05) is 0 Å². The molecular formula is C10H8FN3OS. The molecule has 0 aliphatic heterocycles. The van der Waals surface area contributed by atoms with Crippen molar-refractivity contribution >= 4 is 34.5 Å². The monoisotopic (exact) mass is 237 g/mol. The predicted molar refractivity (Wildman–Crippen MR) is 63.7 cm³/mol. The number of nitrogens with two attached hydrogens (primary N) is 1. The van der Waals surface area contributed by atoms with E-state index < -0.39 is 0 Å². The van der Waals surface area contributed by atoms with Crippen molar-refractivity contribution in [3.05, 3.63) is 35.8 Å². The van der Waals surface area contributed by atoms with Gasteiger partial charge in [-0.25, -0.2) is 4.39 Å². The summed E-state index contributed by atoms with van der Waals surface area (Å²) >= 11 is 4.56. The first-order chi connectivity index (χ1) is 7.68. The average Bonchev–Trinajstić information content (AvgIpc) is 2.69. The van der Waals surface area contributed by atoms with Gasteiger partial charge in [0.15, 0.2) is 5.11 Å². The molecule has 0 saturated heterocycles. The van der Waals surface area contributed by atoms with E-state index in [1.807, 2.05) is 0 Å². The number of furan rings is 1. The summed E-state index contributed by atoms with van der Waals surface area (Å²) in [6.45, 7) is 0. The molecule has 16 heavy (non-hydrogen) atoms. The number of hydrogen-bond donors (Lipinski definition) is 2. The fourth-order valence-electron chi connectivity index (χ4n) is 1.33. The standard InChI is InChI=1S/C10H8FN3OS/c11-8-1-2-9-6(3-4-15-9)7(8)5-13-14-10(12)16/h1-5H,(H3,12,14,16). The van der Waals surface area contributed by atoms with Crippen LogP contribution in [-0.4, -0.2) is 11.3 Å². The van der Waals surface area contributed by atoms with Crippen molar-refractivity contribution < 1.29 is 8.81 Å². The van der Waals surface area contributed by atoms with Crippen molar-refractivity contribution in [1.29, 1.82) is 0 Å². The number of hydrogen-bond acceptors (Lipinski definition) is 3. The van der Waals surface area contributed by atoms with Gasteiger partial charge < -0.3 is 10.2 Å². The lowest BCUT2D eigenvalue weighted by molar-refractivity contribution is 0.609. The minimum absolute atomic E-state index is 0.0241. The van der Waals surface area contributed by atoms with Gasteiger partial charge in [0.05, 0.1) is 12.5 Å². The van der Waals surface area contributed by atoms with Gasteiger partial charge in [0.1, 0.15) is 11.4 Å². The first-order valence-corrected chi connectivity index (χ1v) is 4.83. The lowest BCUT2D eigenvalue weighted by Crippen LogP contribution is -2.24. The molecule has 0 aliphatic carbocycles. The Morgan fingerprint density at radius 1 is 1.50 bits per heavy atom. The summed E-state index contributed by atoms with van der Waals surface area (Å²) < 4.78 is 18.6. The van der Waals surface area contributed by atoms with Crippen LogP contribution in [0.15, 0.2) is 34.0 Å². The molecule has 1 aromatic carbocycles. The van der Waals surface area contributed by atoms with Gasteiger partial charge in [0.25, 0.3) is 0 Å². The molecule has 0 amide bonds. The van der Waals surface area contributed by atoms with Gasteiger partial charge in [-0.15, -0.1) is 0 Å². The molecule has 1 aromatic heterocycles. The van der Waals surface area contributed by atoms with E-state index in [0.717, 1.165) is 0 Å². The van der Waals surface area contributed by atoms with E-state index in [1.54, 1.807) is 12.1 Å². The first kappa shape index (κ1) is 10.6. The number of fused-ring (bicyclic) bond motifs is 1. The third-order valence-corrected chi connectivity index (χ3v) is 2.08. The second-order valence-corrected chi connectivity index (χ2v) is 3.47. The largest absolute Gasteiger partial charge is 0.464 e. The maximum Gasteiger partial charge on any atom is 0.184 e. The quantitative estimate of drug-likeness (QED) is 0.474. The zero-order valence-corrected chi connectivity index (χ0v) is 8.92. The third-order valence-electron chi connectivity index (χ3n) is 1.99. The number of benzene rings is 1. The third kappa shape index (κ3) is 2.01. The fourth-order valence-corrected chi connectivity index (χ4v) is 1.38. The number of nitrogens with one attached hydrogen (secondary N) is 1. The Morgan fingerprint density at radius 2 is 2.31 bits per heavy atom. The van der Waals surface area contributed by atoms with E-state index in [2.05, 4.69) is 22.7 Å².